The Hall–Kier alpha value is -3.33. The van der Waals surface area contributed by atoms with Gasteiger partial charge in [0.1, 0.15) is 22.7 Å². The van der Waals surface area contributed by atoms with Crippen LogP contribution in [0.1, 0.15) is 17.3 Å². The van der Waals surface area contributed by atoms with Crippen LogP contribution >= 0.6 is 0 Å². The summed E-state index contributed by atoms with van der Waals surface area (Å²) in [6.07, 6.45) is 3.22. The number of H-pyrrole nitrogens is 1. The Morgan fingerprint density at radius 2 is 2.18 bits per heavy atom. The van der Waals surface area contributed by atoms with Crippen molar-refractivity contribution in [3.8, 4) is 11.4 Å². The van der Waals surface area contributed by atoms with Crippen molar-refractivity contribution < 1.29 is 9.18 Å². The molecule has 1 saturated heterocycles. The van der Waals surface area contributed by atoms with Crippen LogP contribution in [0, 0.1) is 5.82 Å². The molecule has 0 unspecified atom stereocenters. The summed E-state index contributed by atoms with van der Waals surface area (Å²) in [7, 11) is 1.75. The lowest BCUT2D eigenvalue weighted by Crippen LogP contribution is -2.67. The largest absolute Gasteiger partial charge is 0.344 e. The second kappa shape index (κ2) is 5.83. The predicted molar refractivity (Wildman–Crippen MR) is 102 cm³/mol. The molecule has 1 aliphatic rings. The van der Waals surface area contributed by atoms with Gasteiger partial charge < -0.3 is 15.6 Å². The zero-order valence-electron chi connectivity index (χ0n) is 15.4. The topological polar surface area (TPSA) is 101 Å². The molecule has 0 radical (unpaired) electrons. The Balaban J connectivity index is 1.59. The van der Waals surface area contributed by atoms with Crippen molar-refractivity contribution in [3.05, 3.63) is 42.0 Å². The van der Waals surface area contributed by atoms with Crippen LogP contribution in [0.3, 0.4) is 0 Å². The van der Waals surface area contributed by atoms with Gasteiger partial charge in [0.05, 0.1) is 22.8 Å². The average Bonchev–Trinajstić information content (AvgIpc) is 3.21. The predicted octanol–water partition coefficient (Wildman–Crippen LogP) is 1.74. The number of carbonyl (C=O) groups is 1. The van der Waals surface area contributed by atoms with Gasteiger partial charge >= 0.3 is 0 Å². The molecule has 4 aromatic rings. The first-order valence-electron chi connectivity index (χ1n) is 8.93. The number of hydrogen-bond donors (Lipinski definition) is 3. The zero-order valence-corrected chi connectivity index (χ0v) is 15.4. The number of nitrogens with zero attached hydrogens (tertiary/aromatic N) is 4. The van der Waals surface area contributed by atoms with Crippen LogP contribution < -0.4 is 10.6 Å². The summed E-state index contributed by atoms with van der Waals surface area (Å²) in [6.45, 7) is 3.45. The molecule has 5 rings (SSSR count). The van der Waals surface area contributed by atoms with E-state index in [4.69, 9.17) is 0 Å². The third-order valence-corrected chi connectivity index (χ3v) is 5.13. The van der Waals surface area contributed by atoms with Gasteiger partial charge in [-0.3, -0.25) is 9.48 Å². The molecule has 4 heterocycles. The molecule has 0 saturated carbocycles. The normalized spacial score (nSPS) is 15.7. The van der Waals surface area contributed by atoms with Crippen molar-refractivity contribution in [3.63, 3.8) is 0 Å². The first kappa shape index (κ1) is 16.8. The van der Waals surface area contributed by atoms with E-state index >= 15 is 0 Å². The molecular weight excluding hydrogens is 361 g/mol. The van der Waals surface area contributed by atoms with Crippen molar-refractivity contribution in [1.29, 1.82) is 0 Å². The molecule has 1 amide bonds. The Kier molecular flexibility index (Phi) is 3.50. The van der Waals surface area contributed by atoms with E-state index in [1.165, 1.54) is 12.1 Å². The summed E-state index contributed by atoms with van der Waals surface area (Å²) in [6, 6.07) is 4.50. The SMILES string of the molecule is Cn1nc(-c2cnc3[nH]cc(C(=O)NC4(C)CNC4)c3n2)c2ccc(F)cc21. The summed E-state index contributed by atoms with van der Waals surface area (Å²) in [5.74, 6) is -0.526. The number of aryl methyl sites for hydroxylation is 1. The lowest BCUT2D eigenvalue weighted by atomic mass is 9.95. The highest BCUT2D eigenvalue weighted by Crippen LogP contribution is 2.28. The van der Waals surface area contributed by atoms with Crippen LogP contribution in [0.25, 0.3) is 33.5 Å². The highest BCUT2D eigenvalue weighted by Gasteiger charge is 2.34. The minimum absolute atomic E-state index is 0.199. The van der Waals surface area contributed by atoms with Gasteiger partial charge in [-0.25, -0.2) is 14.4 Å². The second-order valence-electron chi connectivity index (χ2n) is 7.41. The summed E-state index contributed by atoms with van der Waals surface area (Å²) in [5, 5.41) is 11.4. The standard InChI is InChI=1S/C19H18FN7O/c1-19(8-21-9-19)25-18(28)12-6-22-17-16(12)24-13(7-23-17)15-11-4-3-10(20)5-14(11)27(2)26-15/h3-7,21H,8-9H2,1-2H3,(H,22,23)(H,25,28). The van der Waals surface area contributed by atoms with Crippen molar-refractivity contribution >= 4 is 28.0 Å². The number of benzene rings is 1. The van der Waals surface area contributed by atoms with Gasteiger partial charge in [0.2, 0.25) is 0 Å². The van der Waals surface area contributed by atoms with Crippen LogP contribution in [0.15, 0.2) is 30.6 Å². The lowest BCUT2D eigenvalue weighted by Gasteiger charge is -2.39. The highest BCUT2D eigenvalue weighted by molar-refractivity contribution is 6.05. The van der Waals surface area contributed by atoms with Gasteiger partial charge in [-0.15, -0.1) is 0 Å². The molecule has 9 heteroatoms. The Morgan fingerprint density at radius 1 is 1.36 bits per heavy atom. The minimum atomic E-state index is -0.327. The second-order valence-corrected chi connectivity index (χ2v) is 7.41. The zero-order chi connectivity index (χ0) is 19.5. The monoisotopic (exact) mass is 379 g/mol. The van der Waals surface area contributed by atoms with E-state index in [0.29, 0.717) is 33.6 Å². The number of fused-ring (bicyclic) bond motifs is 2. The number of rotatable bonds is 3. The molecule has 8 nitrogen and oxygen atoms in total. The van der Waals surface area contributed by atoms with Crippen LogP contribution in [-0.2, 0) is 7.05 Å². The fourth-order valence-electron chi connectivity index (χ4n) is 3.53. The Bertz CT molecular complexity index is 1240. The maximum Gasteiger partial charge on any atom is 0.255 e. The molecule has 3 N–H and O–H groups in total. The Morgan fingerprint density at radius 3 is 2.93 bits per heavy atom. The van der Waals surface area contributed by atoms with Crippen molar-refractivity contribution in [2.75, 3.05) is 13.1 Å². The van der Waals surface area contributed by atoms with Crippen LogP contribution in [0.2, 0.25) is 0 Å². The molecule has 0 spiro atoms. The summed E-state index contributed by atoms with van der Waals surface area (Å²) in [5.41, 5.74) is 2.96. The van der Waals surface area contributed by atoms with Crippen molar-refractivity contribution in [2.24, 2.45) is 7.05 Å². The molecule has 1 fully saturated rings. The maximum atomic E-state index is 13.6. The Labute approximate surface area is 159 Å². The molecule has 28 heavy (non-hydrogen) atoms. The van der Waals surface area contributed by atoms with Gasteiger partial charge in [0, 0.05) is 31.7 Å². The van der Waals surface area contributed by atoms with Crippen LogP contribution in [0.5, 0.6) is 0 Å². The number of halogens is 1. The number of amides is 1. The van der Waals surface area contributed by atoms with E-state index in [1.54, 1.807) is 30.2 Å². The third-order valence-electron chi connectivity index (χ3n) is 5.13. The van der Waals surface area contributed by atoms with Crippen molar-refractivity contribution in [1.82, 2.24) is 35.4 Å². The molecule has 3 aromatic heterocycles. The van der Waals surface area contributed by atoms with E-state index in [1.807, 2.05) is 6.92 Å². The van der Waals surface area contributed by atoms with E-state index in [0.717, 1.165) is 18.5 Å². The van der Waals surface area contributed by atoms with Gasteiger partial charge in [-0.05, 0) is 25.1 Å². The summed E-state index contributed by atoms with van der Waals surface area (Å²) < 4.78 is 15.2. The number of aromatic amines is 1. The van der Waals surface area contributed by atoms with Gasteiger partial charge in [0.25, 0.3) is 5.91 Å². The van der Waals surface area contributed by atoms with E-state index < -0.39 is 0 Å². The number of hydrogen-bond acceptors (Lipinski definition) is 5. The van der Waals surface area contributed by atoms with Gasteiger partial charge in [-0.2, -0.15) is 5.10 Å². The highest BCUT2D eigenvalue weighted by atomic mass is 19.1. The number of aromatic nitrogens is 5. The number of nitrogens with one attached hydrogen (secondary N) is 3. The van der Waals surface area contributed by atoms with Gasteiger partial charge in [-0.1, -0.05) is 0 Å². The van der Waals surface area contributed by atoms with Gasteiger partial charge in [0.15, 0.2) is 5.65 Å². The fourth-order valence-corrected chi connectivity index (χ4v) is 3.53. The lowest BCUT2D eigenvalue weighted by molar-refractivity contribution is 0.0874. The number of carbonyl (C=O) groups excluding carboxylic acids is 1. The van der Waals surface area contributed by atoms with Crippen molar-refractivity contribution in [2.45, 2.75) is 12.5 Å². The quantitative estimate of drug-likeness (QED) is 0.503. The van der Waals surface area contributed by atoms with E-state index in [9.17, 15) is 9.18 Å². The molecule has 1 aliphatic heterocycles. The maximum absolute atomic E-state index is 13.6. The average molecular weight is 379 g/mol. The molecule has 0 bridgehead atoms. The minimum Gasteiger partial charge on any atom is -0.344 e. The third kappa shape index (κ3) is 2.55. The molecular formula is C19H18FN7O. The molecule has 0 aliphatic carbocycles. The van der Waals surface area contributed by atoms with E-state index in [-0.39, 0.29) is 17.3 Å². The smallest absolute Gasteiger partial charge is 0.255 e. The molecule has 142 valence electrons. The summed E-state index contributed by atoms with van der Waals surface area (Å²) >= 11 is 0. The van der Waals surface area contributed by atoms with Crippen LogP contribution in [-0.4, -0.2) is 49.3 Å². The first-order chi connectivity index (χ1) is 13.4. The molecule has 1 aromatic carbocycles. The van der Waals surface area contributed by atoms with E-state index in [2.05, 4.69) is 30.7 Å². The fraction of sp³-hybridized carbons (Fsp3) is 0.263. The van der Waals surface area contributed by atoms with Crippen LogP contribution in [0.4, 0.5) is 4.39 Å². The first-order valence-corrected chi connectivity index (χ1v) is 8.93. The summed E-state index contributed by atoms with van der Waals surface area (Å²) in [4.78, 5) is 24.8. The molecule has 0 atom stereocenters.